The number of anilines is 3. The summed E-state index contributed by atoms with van der Waals surface area (Å²) in [6.07, 6.45) is 2.50. The van der Waals surface area contributed by atoms with Gasteiger partial charge < -0.3 is 16.0 Å². The topological polar surface area (TPSA) is 71.2 Å². The third kappa shape index (κ3) is 3.13. The second-order valence-corrected chi connectivity index (χ2v) is 5.14. The second-order valence-electron chi connectivity index (χ2n) is 5.14. The Bertz CT molecular complexity index is 633. The van der Waals surface area contributed by atoms with Crippen LogP contribution < -0.4 is 16.0 Å². The minimum Gasteiger partial charge on any atom is -0.384 e. The van der Waals surface area contributed by atoms with Crippen LogP contribution in [0.1, 0.15) is 23.3 Å². The first-order valence-corrected chi connectivity index (χ1v) is 7.11. The average molecular weight is 282 g/mol. The standard InChI is InChI=1S/C16H18N4O/c17-15-5-3-4-14(19-15)16(21)18-12-6-8-13(9-7-12)20-10-1-2-11-20/h3-9H,1-2,10-11H2,(H2,17,19)(H,18,21). The molecule has 108 valence electrons. The molecule has 1 amide bonds. The van der Waals surface area contributed by atoms with E-state index in [4.69, 9.17) is 5.73 Å². The van der Waals surface area contributed by atoms with E-state index in [2.05, 4.69) is 15.2 Å². The van der Waals surface area contributed by atoms with Crippen LogP contribution in [0.2, 0.25) is 0 Å². The Balaban J connectivity index is 1.68. The van der Waals surface area contributed by atoms with Gasteiger partial charge in [0.05, 0.1) is 0 Å². The van der Waals surface area contributed by atoms with Crippen LogP contribution in [0.4, 0.5) is 17.2 Å². The van der Waals surface area contributed by atoms with Gasteiger partial charge >= 0.3 is 0 Å². The lowest BCUT2D eigenvalue weighted by molar-refractivity contribution is 0.102. The van der Waals surface area contributed by atoms with Crippen LogP contribution in [0, 0.1) is 0 Å². The Morgan fingerprint density at radius 1 is 1.10 bits per heavy atom. The van der Waals surface area contributed by atoms with Crippen molar-refractivity contribution in [3.63, 3.8) is 0 Å². The third-order valence-corrected chi connectivity index (χ3v) is 3.60. The zero-order valence-corrected chi connectivity index (χ0v) is 11.7. The minimum atomic E-state index is -0.253. The molecule has 0 atom stereocenters. The maximum absolute atomic E-state index is 12.1. The molecule has 5 heteroatoms. The van der Waals surface area contributed by atoms with Gasteiger partial charge in [-0.25, -0.2) is 4.98 Å². The molecule has 0 unspecified atom stereocenters. The fourth-order valence-corrected chi connectivity index (χ4v) is 2.50. The number of nitrogen functional groups attached to an aromatic ring is 1. The summed E-state index contributed by atoms with van der Waals surface area (Å²) >= 11 is 0. The third-order valence-electron chi connectivity index (χ3n) is 3.60. The van der Waals surface area contributed by atoms with Crippen LogP contribution in [-0.4, -0.2) is 24.0 Å². The summed E-state index contributed by atoms with van der Waals surface area (Å²) in [5, 5.41) is 2.83. The molecule has 1 aliphatic heterocycles. The van der Waals surface area contributed by atoms with Crippen LogP contribution in [0.5, 0.6) is 0 Å². The Labute approximate surface area is 123 Å². The first-order chi connectivity index (χ1) is 10.2. The van der Waals surface area contributed by atoms with E-state index in [-0.39, 0.29) is 5.91 Å². The molecule has 0 spiro atoms. The highest BCUT2D eigenvalue weighted by Crippen LogP contribution is 2.22. The van der Waals surface area contributed by atoms with Crippen molar-refractivity contribution < 1.29 is 4.79 Å². The van der Waals surface area contributed by atoms with Crippen molar-refractivity contribution in [2.24, 2.45) is 0 Å². The fourth-order valence-electron chi connectivity index (χ4n) is 2.50. The number of rotatable bonds is 3. The predicted molar refractivity (Wildman–Crippen MR) is 84.5 cm³/mol. The molecule has 0 bridgehead atoms. The fraction of sp³-hybridized carbons (Fsp3) is 0.250. The molecule has 1 fully saturated rings. The van der Waals surface area contributed by atoms with Gasteiger partial charge in [-0.1, -0.05) is 6.07 Å². The summed E-state index contributed by atoms with van der Waals surface area (Å²) in [6.45, 7) is 2.22. The van der Waals surface area contributed by atoms with Gasteiger partial charge in [0.1, 0.15) is 11.5 Å². The van der Waals surface area contributed by atoms with Gasteiger partial charge in [0, 0.05) is 24.5 Å². The Hall–Kier alpha value is -2.56. The van der Waals surface area contributed by atoms with E-state index in [1.165, 1.54) is 18.5 Å². The van der Waals surface area contributed by atoms with Crippen LogP contribution >= 0.6 is 0 Å². The smallest absolute Gasteiger partial charge is 0.274 e. The minimum absolute atomic E-state index is 0.253. The summed E-state index contributed by atoms with van der Waals surface area (Å²) in [5.74, 6) is 0.0863. The van der Waals surface area contributed by atoms with E-state index in [1.807, 2.05) is 24.3 Å². The summed E-state index contributed by atoms with van der Waals surface area (Å²) in [4.78, 5) is 18.4. The van der Waals surface area contributed by atoms with E-state index in [9.17, 15) is 4.79 Å². The molecular weight excluding hydrogens is 264 g/mol. The number of pyridine rings is 1. The molecule has 2 heterocycles. The highest BCUT2D eigenvalue weighted by atomic mass is 16.1. The molecule has 1 aromatic heterocycles. The quantitative estimate of drug-likeness (QED) is 0.907. The van der Waals surface area contributed by atoms with Gasteiger partial charge in [0.2, 0.25) is 0 Å². The number of amides is 1. The van der Waals surface area contributed by atoms with Gasteiger partial charge in [-0.2, -0.15) is 0 Å². The Kier molecular flexibility index (Phi) is 3.73. The number of nitrogens with two attached hydrogens (primary N) is 1. The first kappa shape index (κ1) is 13.4. The van der Waals surface area contributed by atoms with Crippen molar-refractivity contribution in [2.45, 2.75) is 12.8 Å². The number of hydrogen-bond acceptors (Lipinski definition) is 4. The maximum atomic E-state index is 12.1. The predicted octanol–water partition coefficient (Wildman–Crippen LogP) is 2.52. The van der Waals surface area contributed by atoms with Crippen molar-refractivity contribution in [2.75, 3.05) is 29.0 Å². The normalized spacial score (nSPS) is 14.2. The monoisotopic (exact) mass is 282 g/mol. The number of nitrogens with zero attached hydrogens (tertiary/aromatic N) is 2. The highest BCUT2D eigenvalue weighted by molar-refractivity contribution is 6.03. The molecule has 3 rings (SSSR count). The van der Waals surface area contributed by atoms with Crippen molar-refractivity contribution in [1.29, 1.82) is 0 Å². The van der Waals surface area contributed by atoms with E-state index >= 15 is 0 Å². The van der Waals surface area contributed by atoms with Gasteiger partial charge in [-0.05, 0) is 49.2 Å². The molecule has 0 radical (unpaired) electrons. The zero-order valence-electron chi connectivity index (χ0n) is 11.7. The highest BCUT2D eigenvalue weighted by Gasteiger charge is 2.12. The zero-order chi connectivity index (χ0) is 14.7. The molecule has 2 aromatic rings. The van der Waals surface area contributed by atoms with Crippen LogP contribution in [-0.2, 0) is 0 Å². The maximum Gasteiger partial charge on any atom is 0.274 e. The summed E-state index contributed by atoms with van der Waals surface area (Å²) in [6, 6.07) is 12.9. The number of carbonyl (C=O) groups is 1. The van der Waals surface area contributed by atoms with E-state index < -0.39 is 0 Å². The van der Waals surface area contributed by atoms with E-state index in [1.54, 1.807) is 18.2 Å². The number of carbonyl (C=O) groups excluding carboxylic acids is 1. The van der Waals surface area contributed by atoms with Crippen molar-refractivity contribution >= 4 is 23.1 Å². The summed E-state index contributed by atoms with van der Waals surface area (Å²) in [5.41, 5.74) is 7.86. The molecule has 3 N–H and O–H groups in total. The van der Waals surface area contributed by atoms with Gasteiger partial charge in [-0.3, -0.25) is 4.79 Å². The van der Waals surface area contributed by atoms with Crippen LogP contribution in [0.25, 0.3) is 0 Å². The van der Waals surface area contributed by atoms with Crippen LogP contribution in [0.15, 0.2) is 42.5 Å². The molecule has 5 nitrogen and oxygen atoms in total. The molecule has 1 aliphatic rings. The van der Waals surface area contributed by atoms with Crippen molar-refractivity contribution in [3.8, 4) is 0 Å². The Morgan fingerprint density at radius 3 is 2.48 bits per heavy atom. The summed E-state index contributed by atoms with van der Waals surface area (Å²) < 4.78 is 0. The second kappa shape index (κ2) is 5.83. The number of nitrogens with one attached hydrogen (secondary N) is 1. The number of hydrogen-bond donors (Lipinski definition) is 2. The molecule has 21 heavy (non-hydrogen) atoms. The number of aromatic nitrogens is 1. The largest absolute Gasteiger partial charge is 0.384 e. The lowest BCUT2D eigenvalue weighted by Crippen LogP contribution is -2.17. The van der Waals surface area contributed by atoms with Crippen LogP contribution in [0.3, 0.4) is 0 Å². The van der Waals surface area contributed by atoms with Gasteiger partial charge in [-0.15, -0.1) is 0 Å². The average Bonchev–Trinajstić information content (AvgIpc) is 3.02. The Morgan fingerprint density at radius 2 is 1.81 bits per heavy atom. The summed E-state index contributed by atoms with van der Waals surface area (Å²) in [7, 11) is 0. The van der Waals surface area contributed by atoms with E-state index in [0.717, 1.165) is 18.8 Å². The molecule has 1 saturated heterocycles. The van der Waals surface area contributed by atoms with Crippen molar-refractivity contribution in [1.82, 2.24) is 4.98 Å². The number of benzene rings is 1. The molecule has 0 aliphatic carbocycles. The molecule has 1 aromatic carbocycles. The lowest BCUT2D eigenvalue weighted by Gasteiger charge is -2.17. The molecule has 0 saturated carbocycles. The SMILES string of the molecule is Nc1cccc(C(=O)Nc2ccc(N3CCCC3)cc2)n1. The van der Waals surface area contributed by atoms with E-state index in [0.29, 0.717) is 11.5 Å². The van der Waals surface area contributed by atoms with Crippen molar-refractivity contribution in [3.05, 3.63) is 48.2 Å². The lowest BCUT2D eigenvalue weighted by atomic mass is 10.2. The van der Waals surface area contributed by atoms with Gasteiger partial charge in [0.25, 0.3) is 5.91 Å². The molecular formula is C16H18N4O. The van der Waals surface area contributed by atoms with Gasteiger partial charge in [0.15, 0.2) is 0 Å². The first-order valence-electron chi connectivity index (χ1n) is 7.11.